The van der Waals surface area contributed by atoms with E-state index in [1.54, 1.807) is 119 Å². The van der Waals surface area contributed by atoms with Crippen LogP contribution in [0.15, 0.2) is 145 Å². The Bertz CT molecular complexity index is 5420. The number of para-hydroxylation sites is 1. The average Bonchev–Trinajstić information content (AvgIpc) is 1.57. The highest BCUT2D eigenvalue weighted by molar-refractivity contribution is 8.77. The molecule has 3 fully saturated rings. The molecule has 1 aromatic heterocycles. The molecule has 0 spiro atoms. The molecule has 138 heavy (non-hydrogen) atoms. The van der Waals surface area contributed by atoms with Crippen LogP contribution in [0.5, 0.6) is 11.5 Å². The van der Waals surface area contributed by atoms with Crippen LogP contribution in [0.25, 0.3) is 10.9 Å². The average molecular weight is 2020 g/mol. The van der Waals surface area contributed by atoms with Gasteiger partial charge in [0.25, 0.3) is 0 Å². The largest absolute Gasteiger partial charge is 0.508 e. The molecule has 0 unspecified atom stereocenters. The Morgan fingerprint density at radius 3 is 2.13 bits per heavy atom. The number of alkyl carbamates (subject to hydrolysis) is 1. The van der Waals surface area contributed by atoms with Crippen LogP contribution in [0.1, 0.15) is 120 Å². The second kappa shape index (κ2) is 49.0. The number of rotatable bonds is 30. The summed E-state index contributed by atoms with van der Waals surface area (Å²) < 4.78 is 69.0. The molecule has 18 N–H and O–H groups in total. The first-order valence-electron chi connectivity index (χ1n) is 44.6. The van der Waals surface area contributed by atoms with Gasteiger partial charge in [-0.2, -0.15) is 13.2 Å². The third-order valence-corrected chi connectivity index (χ3v) is 30.4. The minimum absolute atomic E-state index is 0.00229. The SMILES string of the molecule is COc1cc2cc(c1Cl)N(C)C(=O)C[C@H](OC(=O)[C@H](C)N(C)C(=O)CCSSC(C)(C)[C@H](NC(=O)[C@@H]1CSSC[C@H](NC(=O)[C@@H](Cc3ccccc3)NC(=O)NCc3ccc(C(F)(F)F)cc3)C(=O)N[C@@H](Cc3ccc(O)cc3)C(=O)N[C@H](Cc3c[nH]c4ccccc34)C(=O)N[C@@H](CCCCN)C(=O)N[C@@H]([C@@H](C)O)C(=O)N1)C(N)=O)[C@]1(C)O[C@H]1[C@H](C)[C@@H]1C[C@@](O)(NC(=O)O1)[C@H](OC)/C=C\C=C(\C)C2. The summed E-state index contributed by atoms with van der Waals surface area (Å²) in [5.41, 5.74) is 11.8. The number of epoxide rings is 1. The fraction of sp³-hybridized carbons (Fsp3) is 0.479. The minimum Gasteiger partial charge on any atom is -0.508 e. The van der Waals surface area contributed by atoms with E-state index in [1.165, 1.54) is 71.3 Å². The standard InChI is InChI=1S/C94H119ClF3N15O21S4/c1-50-20-19-26-72(131-11)93(129)45-71(132-90(128)111-93)51(2)79-92(7,134-79)73(44-75(117)113(9)69-41-57(38-50)42-70(130-10)76(69)95)133-88(126)52(3)112(8)74(116)35-37-135-138-91(5,6)78(80(100)118)110-86(124)68-49-137-136-48-67(106-83(121)65(39-54-21-13-12-14-22-54)108-89(127)102-46-56-27-31-59(32-28-56)94(96,97)98)85(123)104-64(40-55-29-33-60(115)34-30-55)82(120)105-66(43-58-47-101-62-24-16-15-23-61(58)62)84(122)103-63(25-17-18-36-99)81(119)109-77(53(4)114)87(125)107-68/h12-16,19-24,26-34,41-42,47,51-53,63-68,71-73,77-79,101,114-115,129H,17-18,25,35-40,43-46,48-49,99H2,1-11H3,(H2,100,118)(H,103,122)(H,104,123)(H,105,120)(H,106,121)(H,107,125)(H,109,119)(H,110,124)(H,111,128)(H2,102,108,127)/b26-19-,50-20-/t51-,52+,53-,63+,64+,65-,66-,67+,68+,71+,72-,73+,77+,78-,79+,92+,93+/m1/s1. The van der Waals surface area contributed by atoms with Crippen molar-refractivity contribution >= 4 is 149 Å². The number of fused-ring (bicyclic) bond motifs is 6. The number of alkyl halides is 3. The number of hydrogen-bond acceptors (Lipinski definition) is 26. The van der Waals surface area contributed by atoms with E-state index in [9.17, 15) is 66.8 Å². The topological polar surface area (TPSA) is 527 Å². The van der Waals surface area contributed by atoms with Crippen LogP contribution in [-0.2, 0) is 110 Å². The maximum Gasteiger partial charge on any atom is 0.416 e. The summed E-state index contributed by atoms with van der Waals surface area (Å²) in [6, 6.07) is 12.9. The fourth-order valence-electron chi connectivity index (χ4n) is 16.0. The Kier molecular flexibility index (Phi) is 38.6. The molecule has 4 aliphatic rings. The van der Waals surface area contributed by atoms with Crippen molar-refractivity contribution in [3.05, 3.63) is 184 Å². The zero-order chi connectivity index (χ0) is 101. The van der Waals surface area contributed by atoms with Gasteiger partial charge in [-0.05, 0) is 144 Å². The van der Waals surface area contributed by atoms with Gasteiger partial charge >= 0.3 is 24.3 Å². The van der Waals surface area contributed by atoms with E-state index in [4.69, 9.17) is 46.8 Å². The van der Waals surface area contributed by atoms with Crippen molar-refractivity contribution in [3.8, 4) is 11.5 Å². The van der Waals surface area contributed by atoms with Gasteiger partial charge in [0.1, 0.15) is 94.8 Å². The van der Waals surface area contributed by atoms with Gasteiger partial charge in [0.2, 0.25) is 59.1 Å². The van der Waals surface area contributed by atoms with Crippen molar-refractivity contribution in [2.45, 2.75) is 226 Å². The van der Waals surface area contributed by atoms with E-state index in [0.29, 0.717) is 46.0 Å². The van der Waals surface area contributed by atoms with Crippen molar-refractivity contribution in [1.82, 2.24) is 63.1 Å². The first-order chi connectivity index (χ1) is 65.3. The normalized spacial score (nSPS) is 24.9. The van der Waals surface area contributed by atoms with E-state index in [1.807, 2.05) is 6.92 Å². The predicted molar refractivity (Wildman–Crippen MR) is 516 cm³/mol. The number of hydrogen-bond donors (Lipinski definition) is 16. The van der Waals surface area contributed by atoms with Crippen molar-refractivity contribution in [3.63, 3.8) is 0 Å². The van der Waals surface area contributed by atoms with Gasteiger partial charge in [-0.25, -0.2) is 14.4 Å². The number of amides is 13. The summed E-state index contributed by atoms with van der Waals surface area (Å²) >= 11 is 6.92. The number of aromatic amines is 1. The van der Waals surface area contributed by atoms with Gasteiger partial charge in [0.15, 0.2) is 5.72 Å². The van der Waals surface area contributed by atoms with E-state index >= 15 is 24.0 Å². The lowest BCUT2D eigenvalue weighted by Gasteiger charge is -2.42. The molecule has 10 rings (SSSR count). The van der Waals surface area contributed by atoms with Gasteiger partial charge in [-0.1, -0.05) is 158 Å². The van der Waals surface area contributed by atoms with Crippen LogP contribution in [0.2, 0.25) is 5.02 Å². The molecular weight excluding hydrogens is 1900 g/mol. The molecule has 0 radical (unpaired) electrons. The number of phenolic OH excluding ortho intramolecular Hbond substituents is 1. The van der Waals surface area contributed by atoms with Crippen LogP contribution in [0.4, 0.5) is 28.4 Å². The number of carbonyl (C=O) groups excluding carboxylic acids is 13. The molecule has 17 atom stereocenters. The van der Waals surface area contributed by atoms with Crippen LogP contribution >= 0.6 is 54.8 Å². The Hall–Kier alpha value is -11.3. The maximum absolute atomic E-state index is 15.5. The number of ether oxygens (including phenoxy) is 5. The monoisotopic (exact) mass is 2010 g/mol. The summed E-state index contributed by atoms with van der Waals surface area (Å²) in [7, 11) is 9.41. The molecule has 6 aromatic rings. The van der Waals surface area contributed by atoms with E-state index in [2.05, 4.69) is 58.2 Å². The van der Waals surface area contributed by atoms with Crippen LogP contribution in [0, 0.1) is 5.92 Å². The number of halogens is 4. The lowest BCUT2D eigenvalue weighted by molar-refractivity contribution is -0.162. The molecule has 0 saturated carbocycles. The molecule has 0 aliphatic carbocycles. The summed E-state index contributed by atoms with van der Waals surface area (Å²) in [6.07, 6.45) is -5.97. The highest BCUT2D eigenvalue weighted by Crippen LogP contribution is 2.50. The van der Waals surface area contributed by atoms with E-state index in [0.717, 1.165) is 77.9 Å². The maximum atomic E-state index is 15.5. The molecule has 13 amide bonds. The number of benzene rings is 5. The summed E-state index contributed by atoms with van der Waals surface area (Å²) in [5, 5.41) is 61.1. The van der Waals surface area contributed by atoms with Crippen molar-refractivity contribution in [1.29, 1.82) is 0 Å². The number of nitrogens with one attached hydrogen (secondary N) is 11. The molecular formula is C94H119ClF3N15O21S4. The number of likely N-dealkylation sites (N-methyl/N-ethyl adjacent to an activating group) is 1. The smallest absolute Gasteiger partial charge is 0.416 e. The number of unbranched alkanes of at least 4 members (excludes halogenated alkanes) is 1. The molecule has 5 heterocycles. The van der Waals surface area contributed by atoms with Gasteiger partial charge in [-0.3, -0.25) is 53.3 Å². The third-order valence-electron chi connectivity index (χ3n) is 24.3. The number of aliphatic hydroxyl groups is 2. The highest BCUT2D eigenvalue weighted by atomic mass is 35.5. The van der Waals surface area contributed by atoms with Gasteiger partial charge in [-0.15, -0.1) is 0 Å². The number of aromatic nitrogens is 1. The number of esters is 1. The zero-order valence-electron chi connectivity index (χ0n) is 77.9. The van der Waals surface area contributed by atoms with Crippen molar-refractivity contribution in [2.75, 3.05) is 57.0 Å². The second-order valence-electron chi connectivity index (χ2n) is 35.1. The number of allylic oxidation sites excluding steroid dienone is 3. The predicted octanol–water partition coefficient (Wildman–Crippen LogP) is 6.65. The molecule has 4 aliphatic heterocycles. The number of nitrogens with two attached hydrogens (primary N) is 2. The number of H-pyrrole nitrogens is 1. The molecule has 748 valence electrons. The molecule has 4 bridgehead atoms. The highest BCUT2D eigenvalue weighted by Gasteiger charge is 2.65. The number of methoxy groups -OCH3 is 2. The number of nitrogens with zero attached hydrogens (tertiary/aromatic N) is 2. The number of aromatic hydroxyl groups is 1. The number of primary amides is 1. The van der Waals surface area contributed by atoms with Crippen LogP contribution < -0.4 is 74.3 Å². The fourth-order valence-corrected chi connectivity index (χ4v) is 21.3. The number of anilines is 1. The zero-order valence-corrected chi connectivity index (χ0v) is 82.0. The van der Waals surface area contributed by atoms with Gasteiger partial charge in [0.05, 0.1) is 37.0 Å². The number of phenols is 1. The van der Waals surface area contributed by atoms with Crippen molar-refractivity contribution in [2.24, 2.45) is 17.4 Å². The number of aliphatic hydroxyl groups excluding tert-OH is 1. The minimum atomic E-state index is -4.65. The van der Waals surface area contributed by atoms with Gasteiger partial charge < -0.3 is 113 Å². The van der Waals surface area contributed by atoms with Crippen LogP contribution in [-0.4, -0.2) is 255 Å². The second-order valence-corrected chi connectivity index (χ2v) is 41.1. The first-order valence-corrected chi connectivity index (χ1v) is 49.8. The Labute approximate surface area is 817 Å². The molecule has 3 saturated heterocycles. The molecule has 44 heteroatoms. The Morgan fingerprint density at radius 1 is 0.812 bits per heavy atom. The lowest BCUT2D eigenvalue weighted by atomic mass is 9.83. The van der Waals surface area contributed by atoms with Crippen LogP contribution in [0.3, 0.4) is 0 Å². The lowest BCUT2D eigenvalue weighted by Crippen LogP contribution is -2.63. The first kappa shape index (κ1) is 109. The van der Waals surface area contributed by atoms with Crippen molar-refractivity contribution < 1.29 is 115 Å². The summed E-state index contributed by atoms with van der Waals surface area (Å²) in [5.74, 6) is -11.9. The molecule has 36 nitrogen and oxygen atoms in total. The molecule has 5 aromatic carbocycles. The van der Waals surface area contributed by atoms with E-state index in [-0.39, 0.29) is 91.6 Å². The van der Waals surface area contributed by atoms with Gasteiger partial charge in [0, 0.05) is 105 Å². The third kappa shape index (κ3) is 29.4. The Morgan fingerprint density at radius 2 is 1.46 bits per heavy atom. The van der Waals surface area contributed by atoms with E-state index < -0.39 is 214 Å². The number of carbonyl (C=O) groups is 13. The quantitative estimate of drug-likeness (QED) is 0.00971. The Balaban J connectivity index is 0.896. The number of urea groups is 1. The summed E-state index contributed by atoms with van der Waals surface area (Å²) in [4.78, 5) is 196. The summed E-state index contributed by atoms with van der Waals surface area (Å²) in [6.45, 7) is 10.7.